The summed E-state index contributed by atoms with van der Waals surface area (Å²) in [6.07, 6.45) is 0. The Kier molecular flexibility index (Phi) is 5.12. The third kappa shape index (κ3) is 4.01. The Morgan fingerprint density at radius 2 is 1.56 bits per heavy atom. The number of nitrogens with zero attached hydrogens (tertiary/aromatic N) is 2. The van der Waals surface area contributed by atoms with Gasteiger partial charge in [0.2, 0.25) is 17.7 Å². The first kappa shape index (κ1) is 14.5. The second kappa shape index (κ2) is 6.37. The molecule has 1 N–H and O–H groups in total. The van der Waals surface area contributed by atoms with Crippen LogP contribution in [0.5, 0.6) is 0 Å². The van der Waals surface area contributed by atoms with Gasteiger partial charge >= 0.3 is 0 Å². The Morgan fingerprint density at radius 3 is 2.00 bits per heavy atom. The molecule has 1 heterocycles. The quantitative estimate of drug-likeness (QED) is 0.735. The second-order valence-corrected chi connectivity index (χ2v) is 4.76. The van der Waals surface area contributed by atoms with Crippen LogP contribution in [0.1, 0.15) is 20.8 Å². The number of amides is 3. The second-order valence-electron chi connectivity index (χ2n) is 4.76. The highest BCUT2D eigenvalue weighted by Gasteiger charge is 2.22. The topological polar surface area (TPSA) is 69.7 Å². The Balaban J connectivity index is 2.32. The fourth-order valence-corrected chi connectivity index (χ4v) is 1.75. The molecule has 102 valence electrons. The average Bonchev–Trinajstić information content (AvgIpc) is 2.35. The van der Waals surface area contributed by atoms with Crippen LogP contribution in [0.3, 0.4) is 0 Å². The summed E-state index contributed by atoms with van der Waals surface area (Å²) in [6.45, 7) is 7.35. The maximum Gasteiger partial charge on any atom is 0.242 e. The summed E-state index contributed by atoms with van der Waals surface area (Å²) < 4.78 is 0. The van der Waals surface area contributed by atoms with E-state index in [0.29, 0.717) is 26.2 Å². The highest BCUT2D eigenvalue weighted by Crippen LogP contribution is 2.02. The summed E-state index contributed by atoms with van der Waals surface area (Å²) in [5, 5.41) is 2.60. The van der Waals surface area contributed by atoms with Crippen LogP contribution in [-0.2, 0) is 14.4 Å². The standard InChI is InChI=1S/C12H21N3O3/c1-9(2)12(18)13-8-11(17)15-6-4-14(5-7-15)10(3)16/h9H,4-8H2,1-3H3,(H,13,18). The van der Waals surface area contributed by atoms with Gasteiger partial charge in [-0.15, -0.1) is 0 Å². The summed E-state index contributed by atoms with van der Waals surface area (Å²) in [7, 11) is 0. The van der Waals surface area contributed by atoms with Crippen molar-refractivity contribution >= 4 is 17.7 Å². The van der Waals surface area contributed by atoms with E-state index in [1.54, 1.807) is 23.6 Å². The molecule has 6 nitrogen and oxygen atoms in total. The first-order valence-corrected chi connectivity index (χ1v) is 6.22. The van der Waals surface area contributed by atoms with Crippen molar-refractivity contribution in [3.63, 3.8) is 0 Å². The fraction of sp³-hybridized carbons (Fsp3) is 0.750. The molecule has 0 aromatic carbocycles. The van der Waals surface area contributed by atoms with Crippen molar-refractivity contribution < 1.29 is 14.4 Å². The first-order valence-electron chi connectivity index (χ1n) is 6.22. The van der Waals surface area contributed by atoms with Crippen molar-refractivity contribution in [1.82, 2.24) is 15.1 Å². The van der Waals surface area contributed by atoms with Crippen molar-refractivity contribution in [3.8, 4) is 0 Å². The number of carbonyl (C=O) groups is 3. The highest BCUT2D eigenvalue weighted by atomic mass is 16.2. The zero-order valence-electron chi connectivity index (χ0n) is 11.2. The normalized spacial score (nSPS) is 15.8. The molecule has 0 aliphatic carbocycles. The lowest BCUT2D eigenvalue weighted by Crippen LogP contribution is -2.52. The van der Waals surface area contributed by atoms with Gasteiger partial charge in [-0.25, -0.2) is 0 Å². The van der Waals surface area contributed by atoms with Gasteiger partial charge in [0.1, 0.15) is 0 Å². The minimum Gasteiger partial charge on any atom is -0.347 e. The van der Waals surface area contributed by atoms with Crippen LogP contribution in [-0.4, -0.2) is 60.2 Å². The van der Waals surface area contributed by atoms with Gasteiger partial charge in [0.15, 0.2) is 0 Å². The molecule has 6 heteroatoms. The van der Waals surface area contributed by atoms with Gasteiger partial charge in [-0.05, 0) is 0 Å². The predicted molar refractivity (Wildman–Crippen MR) is 66.7 cm³/mol. The molecule has 0 atom stereocenters. The lowest BCUT2D eigenvalue weighted by Gasteiger charge is -2.34. The molecular formula is C12H21N3O3. The van der Waals surface area contributed by atoms with E-state index < -0.39 is 0 Å². The molecule has 0 bridgehead atoms. The van der Waals surface area contributed by atoms with Gasteiger partial charge in [0, 0.05) is 39.0 Å². The number of hydrogen-bond donors (Lipinski definition) is 1. The Hall–Kier alpha value is -1.59. The maximum atomic E-state index is 11.8. The van der Waals surface area contributed by atoms with Crippen LogP contribution in [0.15, 0.2) is 0 Å². The van der Waals surface area contributed by atoms with Gasteiger partial charge in [-0.1, -0.05) is 13.8 Å². The van der Waals surface area contributed by atoms with Gasteiger partial charge in [-0.3, -0.25) is 14.4 Å². The SMILES string of the molecule is CC(=O)N1CCN(C(=O)CNC(=O)C(C)C)CC1. The van der Waals surface area contributed by atoms with Crippen molar-refractivity contribution in [2.45, 2.75) is 20.8 Å². The number of rotatable bonds is 3. The van der Waals surface area contributed by atoms with Gasteiger partial charge in [0.25, 0.3) is 0 Å². The van der Waals surface area contributed by atoms with E-state index in [0.717, 1.165) is 0 Å². The number of carbonyl (C=O) groups excluding carboxylic acids is 3. The van der Waals surface area contributed by atoms with Crippen molar-refractivity contribution in [2.24, 2.45) is 5.92 Å². The van der Waals surface area contributed by atoms with Crippen LogP contribution < -0.4 is 5.32 Å². The van der Waals surface area contributed by atoms with Crippen LogP contribution in [0, 0.1) is 5.92 Å². The van der Waals surface area contributed by atoms with E-state index in [9.17, 15) is 14.4 Å². The summed E-state index contributed by atoms with van der Waals surface area (Å²) >= 11 is 0. The highest BCUT2D eigenvalue weighted by molar-refractivity contribution is 5.85. The largest absolute Gasteiger partial charge is 0.347 e. The molecule has 0 unspecified atom stereocenters. The molecule has 1 aliphatic rings. The lowest BCUT2D eigenvalue weighted by molar-refractivity contribution is -0.138. The molecule has 3 amide bonds. The third-order valence-electron chi connectivity index (χ3n) is 3.02. The molecule has 18 heavy (non-hydrogen) atoms. The number of nitrogens with one attached hydrogen (secondary N) is 1. The Bertz CT molecular complexity index is 333. The molecule has 0 saturated carbocycles. The average molecular weight is 255 g/mol. The van der Waals surface area contributed by atoms with Crippen molar-refractivity contribution in [2.75, 3.05) is 32.7 Å². The molecule has 1 fully saturated rings. The zero-order valence-corrected chi connectivity index (χ0v) is 11.2. The van der Waals surface area contributed by atoms with Crippen LogP contribution in [0.25, 0.3) is 0 Å². The van der Waals surface area contributed by atoms with E-state index >= 15 is 0 Å². The summed E-state index contributed by atoms with van der Waals surface area (Å²) in [4.78, 5) is 37.7. The molecule has 1 rings (SSSR count). The van der Waals surface area contributed by atoms with E-state index in [1.165, 1.54) is 6.92 Å². The molecule has 0 aromatic heterocycles. The molecule has 1 saturated heterocycles. The molecule has 0 aromatic rings. The number of hydrogen-bond acceptors (Lipinski definition) is 3. The van der Waals surface area contributed by atoms with Gasteiger partial charge in [-0.2, -0.15) is 0 Å². The summed E-state index contributed by atoms with van der Waals surface area (Å²) in [5.41, 5.74) is 0. The minimum absolute atomic E-state index is 0.0372. The van der Waals surface area contributed by atoms with Crippen LogP contribution >= 0.6 is 0 Å². The van der Waals surface area contributed by atoms with E-state index in [2.05, 4.69) is 5.32 Å². The fourth-order valence-electron chi connectivity index (χ4n) is 1.75. The summed E-state index contributed by atoms with van der Waals surface area (Å²) in [5.74, 6) is -0.291. The summed E-state index contributed by atoms with van der Waals surface area (Å²) in [6, 6.07) is 0. The van der Waals surface area contributed by atoms with E-state index in [-0.39, 0.29) is 30.2 Å². The van der Waals surface area contributed by atoms with Crippen molar-refractivity contribution in [1.29, 1.82) is 0 Å². The lowest BCUT2D eigenvalue weighted by atomic mass is 10.2. The Labute approximate surface area is 107 Å². The van der Waals surface area contributed by atoms with Crippen molar-refractivity contribution in [3.05, 3.63) is 0 Å². The van der Waals surface area contributed by atoms with Crippen LogP contribution in [0.2, 0.25) is 0 Å². The molecule has 1 aliphatic heterocycles. The van der Waals surface area contributed by atoms with Crippen LogP contribution in [0.4, 0.5) is 0 Å². The zero-order chi connectivity index (χ0) is 13.7. The van der Waals surface area contributed by atoms with E-state index in [1.807, 2.05) is 0 Å². The smallest absolute Gasteiger partial charge is 0.242 e. The minimum atomic E-state index is -0.120. The monoisotopic (exact) mass is 255 g/mol. The number of piperazine rings is 1. The van der Waals surface area contributed by atoms with E-state index in [4.69, 9.17) is 0 Å². The van der Waals surface area contributed by atoms with Gasteiger partial charge < -0.3 is 15.1 Å². The molecular weight excluding hydrogens is 234 g/mol. The van der Waals surface area contributed by atoms with Gasteiger partial charge in [0.05, 0.1) is 6.54 Å². The predicted octanol–water partition coefficient (Wildman–Crippen LogP) is -0.551. The third-order valence-corrected chi connectivity index (χ3v) is 3.02. The first-order chi connectivity index (χ1) is 8.41. The Morgan fingerprint density at radius 1 is 1.06 bits per heavy atom. The maximum absolute atomic E-state index is 11.8. The molecule has 0 spiro atoms. The molecule has 0 radical (unpaired) electrons.